The van der Waals surface area contributed by atoms with Crippen molar-refractivity contribution in [2.75, 3.05) is 26.4 Å². The van der Waals surface area contributed by atoms with Crippen LogP contribution in [0.15, 0.2) is 23.3 Å². The van der Waals surface area contributed by atoms with E-state index in [0.717, 1.165) is 31.9 Å². The van der Waals surface area contributed by atoms with E-state index in [1.807, 2.05) is 19.9 Å². The van der Waals surface area contributed by atoms with E-state index in [2.05, 4.69) is 16.0 Å². The van der Waals surface area contributed by atoms with Gasteiger partial charge in [-0.3, -0.25) is 37.8 Å². The summed E-state index contributed by atoms with van der Waals surface area (Å²) in [5.74, 6) is -7.80. The van der Waals surface area contributed by atoms with Crippen molar-refractivity contribution in [1.29, 1.82) is 0 Å². The summed E-state index contributed by atoms with van der Waals surface area (Å²) in [6.45, 7) is 5.81. The number of ketones is 2. The van der Waals surface area contributed by atoms with E-state index < -0.39 is 240 Å². The highest BCUT2D eigenvalue weighted by Gasteiger charge is 2.62. The molecular weight excluding hydrogens is 1290 g/mol. The zero-order valence-electron chi connectivity index (χ0n) is 51.8. The molecule has 94 heavy (non-hydrogen) atoms. The normalized spacial score (nSPS) is 39.1. The Morgan fingerprint density at radius 3 is 1.81 bits per heavy atom. The van der Waals surface area contributed by atoms with Gasteiger partial charge in [0, 0.05) is 26.7 Å². The van der Waals surface area contributed by atoms with Crippen molar-refractivity contribution in [3.05, 3.63) is 23.3 Å². The van der Waals surface area contributed by atoms with Gasteiger partial charge in [0.2, 0.25) is 17.7 Å². The third-order valence-corrected chi connectivity index (χ3v) is 16.9. The lowest BCUT2D eigenvalue weighted by atomic mass is 9.85. The van der Waals surface area contributed by atoms with Gasteiger partial charge >= 0.3 is 19.9 Å². The number of carboxylic acids is 1. The molecule has 5 amide bonds. The van der Waals surface area contributed by atoms with Gasteiger partial charge < -0.3 is 141 Å². The number of carbonyl (C=O) groups excluding carboxylic acids is 7. The fourth-order valence-corrected chi connectivity index (χ4v) is 11.8. The third kappa shape index (κ3) is 19.3. The summed E-state index contributed by atoms with van der Waals surface area (Å²) in [7, 11) is -5.81. The average molecular weight is 1380 g/mol. The molecule has 39 nitrogen and oxygen atoms in total. The first-order valence-electron chi connectivity index (χ1n) is 29.5. The monoisotopic (exact) mass is 1380 g/mol. The highest BCUT2D eigenvalue weighted by molar-refractivity contribution is 7.47. The highest BCUT2D eigenvalue weighted by Crippen LogP contribution is 2.49. The number of phosphoric acid groups is 1. The lowest BCUT2D eigenvalue weighted by molar-refractivity contribution is -0.375. The van der Waals surface area contributed by atoms with Crippen molar-refractivity contribution in [3.63, 3.8) is 0 Å². The summed E-state index contributed by atoms with van der Waals surface area (Å²) >= 11 is 0. The van der Waals surface area contributed by atoms with Crippen LogP contribution in [-0.2, 0) is 99.3 Å². The van der Waals surface area contributed by atoms with E-state index in [1.165, 1.54) is 6.92 Å². The smallest absolute Gasteiger partial charge is 0.474 e. The fourth-order valence-electron chi connectivity index (χ4n) is 10.9. The molecule has 6 fully saturated rings. The van der Waals surface area contributed by atoms with Crippen molar-refractivity contribution in [3.8, 4) is 0 Å². The van der Waals surface area contributed by atoms with Crippen LogP contribution >= 0.6 is 7.82 Å². The molecule has 5 aliphatic heterocycles. The number of aliphatic hydroxyl groups excluding tert-OH is 9. The van der Waals surface area contributed by atoms with Crippen LogP contribution in [0, 0.1) is 0 Å². The van der Waals surface area contributed by atoms with Gasteiger partial charge in [-0.1, -0.05) is 23.3 Å². The molecule has 0 bridgehead atoms. The summed E-state index contributed by atoms with van der Waals surface area (Å²) in [6, 6.07) is -5.60. The third-order valence-electron chi connectivity index (χ3n) is 15.9. The Morgan fingerprint density at radius 1 is 0.691 bits per heavy atom. The molecule has 6 rings (SSSR count). The Balaban J connectivity index is 1.34. The number of Topliss-reactive ketones (excluding diaryl/α,β-unsaturated/α-hetero) is 2. The summed E-state index contributed by atoms with van der Waals surface area (Å²) in [5.41, 5.74) is 9.94. The minimum atomic E-state index is -5.81. The van der Waals surface area contributed by atoms with Gasteiger partial charge in [-0.2, -0.15) is 0 Å². The number of hydrogen-bond donors (Lipinski definition) is 17. The van der Waals surface area contributed by atoms with Gasteiger partial charge in [0.25, 0.3) is 5.91 Å². The van der Waals surface area contributed by atoms with Crippen molar-refractivity contribution < 1.29 is 165 Å². The second-order valence-electron chi connectivity index (χ2n) is 23.6. The molecule has 534 valence electrons. The lowest BCUT2D eigenvalue weighted by Gasteiger charge is -2.52. The van der Waals surface area contributed by atoms with E-state index in [9.17, 15) is 104 Å². The van der Waals surface area contributed by atoms with Gasteiger partial charge in [0.05, 0.1) is 32.5 Å². The Morgan fingerprint density at radius 2 is 1.24 bits per heavy atom. The van der Waals surface area contributed by atoms with Crippen LogP contribution in [0.2, 0.25) is 0 Å². The standard InChI is InChI=1S/C54H84N5O34P/c1-18(2)9-8-10-19(3)13-14-81-27(47(75)76)17-83-94(79,80)93-52-42(43(92-53(56)77)54(7,78)44(91-52)45(55)73)90-49-30(58-22(6)62)33(67)40(26(86-49)16-82-50-37(71)34(68)31(65)25(15-60)85-50)88-48-29(57-21(5)61)32(66)39(20(4)84-48)87-51-38(72)35(69)36(70)41(89-51)46(74)59-28-23(63)11-12-24(28)64/h9,13,20,25-44,48-52,60,65-72,78H,8,10-12,14-17H2,1-7H3,(H2,55,73)(H2,56,77)(H,57,61)(H,58,62)(H,59,74)(H,75,76)(H,79,80)/t20?,25?,26?,27-,29?,30?,31-,32-,33-,34+,35+,36-,37?,38?,39-,40-,41?,42?,43-,44?,48+,49+,50-,51-,52+,54+/m1/s1. The molecule has 27 atom stereocenters. The van der Waals surface area contributed by atoms with Crippen LogP contribution in [0.1, 0.15) is 74.1 Å². The SMILES string of the molecule is CC(=O)NC1[C@H](O[C@@H]2C(CO[C@@H]3OC(CO)[C@@H](O)[C@H](O)C3O)O[C@@H](OC3[C@H](OP(=O)(O)OC[C@@H](OCC=C(C)CCC=C(C)C)C(=O)O)OC(C(N)=O)[C@@](C)(O)[C@@H]3OC(N)=O)C(NC(C)=O)[C@H]2O)OC(C)[C@@H](O[C@@H]2OC(C(=O)NC3C(=O)CCC3=O)[C@H](O)[C@H](O)C2O)[C@@H]1O. The molecule has 40 heteroatoms. The molecule has 19 N–H and O–H groups in total. The number of nitrogens with two attached hydrogens (primary N) is 2. The number of allylic oxidation sites excluding steroid dienone is 3. The van der Waals surface area contributed by atoms with Crippen LogP contribution in [0.4, 0.5) is 4.79 Å². The summed E-state index contributed by atoms with van der Waals surface area (Å²) in [4.78, 5) is 113. The van der Waals surface area contributed by atoms with E-state index >= 15 is 0 Å². The number of aliphatic carboxylic acids is 1. The maximum absolute atomic E-state index is 13.9. The van der Waals surface area contributed by atoms with Gasteiger partial charge in [-0.05, 0) is 47.5 Å². The molecule has 11 unspecified atom stereocenters. The molecule has 5 saturated heterocycles. The number of carboxylic acid groups (broad SMARTS) is 1. The van der Waals surface area contributed by atoms with Crippen LogP contribution in [0.25, 0.3) is 0 Å². The fraction of sp³-hybridized carbons (Fsp3) is 0.778. The predicted molar refractivity (Wildman–Crippen MR) is 302 cm³/mol. The number of primary amides is 2. The van der Waals surface area contributed by atoms with E-state index in [0.29, 0.717) is 12.8 Å². The number of nitrogens with one attached hydrogen (secondary N) is 3. The number of rotatable bonds is 28. The first-order chi connectivity index (χ1) is 43.9. The molecule has 0 aromatic carbocycles. The number of phosphoric ester groups is 1. The highest BCUT2D eigenvalue weighted by atomic mass is 31.2. The molecule has 0 aromatic heterocycles. The lowest BCUT2D eigenvalue weighted by Crippen LogP contribution is -2.72. The zero-order chi connectivity index (χ0) is 70.2. The summed E-state index contributed by atoms with van der Waals surface area (Å²) in [6.07, 6.45) is -46.4. The maximum Gasteiger partial charge on any atom is 0.474 e. The van der Waals surface area contributed by atoms with Gasteiger partial charge in [-0.25, -0.2) is 14.2 Å². The molecule has 1 aliphatic carbocycles. The van der Waals surface area contributed by atoms with Gasteiger partial charge in [0.15, 0.2) is 73.5 Å². The second kappa shape index (κ2) is 33.3. The Labute approximate surface area is 535 Å². The van der Waals surface area contributed by atoms with E-state index in [-0.39, 0.29) is 19.4 Å². The average Bonchev–Trinajstić information content (AvgIpc) is 0.826. The summed E-state index contributed by atoms with van der Waals surface area (Å²) in [5, 5.41) is 128. The molecule has 0 aromatic rings. The largest absolute Gasteiger partial charge is 0.479 e. The molecule has 0 spiro atoms. The predicted octanol–water partition coefficient (Wildman–Crippen LogP) is -7.90. The van der Waals surface area contributed by atoms with Crippen molar-refractivity contribution >= 4 is 55.1 Å². The Kier molecular flexibility index (Phi) is 27.6. The topological polar surface area (TPSA) is 605 Å². The zero-order valence-corrected chi connectivity index (χ0v) is 52.7. The quantitative estimate of drug-likeness (QED) is 0.0197. The molecule has 0 radical (unpaired) electrons. The number of aliphatic hydroxyl groups is 10. The van der Waals surface area contributed by atoms with Crippen molar-refractivity contribution in [1.82, 2.24) is 16.0 Å². The molecule has 6 aliphatic rings. The molecule has 5 heterocycles. The molecule has 1 saturated carbocycles. The minimum Gasteiger partial charge on any atom is -0.479 e. The first-order valence-corrected chi connectivity index (χ1v) is 31.0. The van der Waals surface area contributed by atoms with E-state index in [4.69, 9.17) is 72.6 Å². The second-order valence-corrected chi connectivity index (χ2v) is 25.0. The van der Waals surface area contributed by atoms with E-state index in [1.54, 1.807) is 13.0 Å². The van der Waals surface area contributed by atoms with Crippen LogP contribution in [-0.4, -0.2) is 300 Å². The van der Waals surface area contributed by atoms with Crippen molar-refractivity contribution in [2.45, 2.75) is 239 Å². The summed E-state index contributed by atoms with van der Waals surface area (Å²) < 4.78 is 88.0. The van der Waals surface area contributed by atoms with Crippen LogP contribution < -0.4 is 27.4 Å². The maximum atomic E-state index is 13.9. The first kappa shape index (κ1) is 77.8. The number of carbonyl (C=O) groups is 8. The van der Waals surface area contributed by atoms with Crippen LogP contribution in [0.3, 0.4) is 0 Å². The van der Waals surface area contributed by atoms with Gasteiger partial charge in [0.1, 0.15) is 97.0 Å². The Hall–Kier alpha value is -5.25. The number of hydrogen-bond acceptors (Lipinski definition) is 32. The number of ether oxygens (including phenoxy) is 11. The number of amides is 5. The van der Waals surface area contributed by atoms with Crippen molar-refractivity contribution in [2.24, 2.45) is 11.5 Å². The Bertz CT molecular complexity index is 2780. The minimum absolute atomic E-state index is 0.199. The van der Waals surface area contributed by atoms with Crippen LogP contribution in [0.5, 0.6) is 0 Å². The van der Waals surface area contributed by atoms with Gasteiger partial charge in [-0.15, -0.1) is 0 Å². The molecular formula is C54H84N5O34P.